The minimum Gasteiger partial charge on any atom is -0.324 e. The molecule has 1 atom stereocenters. The first-order chi connectivity index (χ1) is 11.9. The van der Waals surface area contributed by atoms with E-state index in [9.17, 15) is 18.4 Å². The van der Waals surface area contributed by atoms with E-state index in [1.54, 1.807) is 18.2 Å². The van der Waals surface area contributed by atoms with E-state index in [-0.39, 0.29) is 28.7 Å². The number of hydrogen-bond donors (Lipinski definition) is 1. The number of rotatable bonds is 3. The minimum absolute atomic E-state index is 0.00853. The van der Waals surface area contributed by atoms with E-state index >= 15 is 0 Å². The zero-order valence-electron chi connectivity index (χ0n) is 12.7. The second-order valence-electron chi connectivity index (χ2n) is 5.59. The van der Waals surface area contributed by atoms with Gasteiger partial charge in [-0.1, -0.05) is 29.3 Å². The standard InChI is InChI=1S/C17H12Cl2F2N2O2/c18-11-2-1-3-13(16(11)19)22-17(25)9-6-15(24)23(8-9)14-5-4-10(20)7-12(14)21/h1-5,7,9H,6,8H2,(H,22,25). The van der Waals surface area contributed by atoms with Crippen molar-refractivity contribution in [1.29, 1.82) is 0 Å². The van der Waals surface area contributed by atoms with Gasteiger partial charge in [0.15, 0.2) is 0 Å². The van der Waals surface area contributed by atoms with E-state index in [1.807, 2.05) is 0 Å². The van der Waals surface area contributed by atoms with E-state index in [1.165, 1.54) is 6.07 Å². The quantitative estimate of drug-likeness (QED) is 0.858. The third kappa shape index (κ3) is 3.60. The zero-order valence-corrected chi connectivity index (χ0v) is 14.2. The molecule has 1 N–H and O–H groups in total. The van der Waals surface area contributed by atoms with Gasteiger partial charge in [-0.2, -0.15) is 0 Å². The van der Waals surface area contributed by atoms with Crippen molar-refractivity contribution >= 4 is 46.4 Å². The molecule has 0 aliphatic carbocycles. The van der Waals surface area contributed by atoms with Crippen LogP contribution in [-0.4, -0.2) is 18.4 Å². The molecule has 2 amide bonds. The molecule has 0 spiro atoms. The molecular formula is C17H12Cl2F2N2O2. The van der Waals surface area contributed by atoms with Gasteiger partial charge in [-0.25, -0.2) is 8.78 Å². The number of nitrogens with one attached hydrogen (secondary N) is 1. The van der Waals surface area contributed by atoms with Gasteiger partial charge in [-0.05, 0) is 24.3 Å². The third-order valence-electron chi connectivity index (χ3n) is 3.91. The molecule has 2 aromatic carbocycles. The van der Waals surface area contributed by atoms with Crippen molar-refractivity contribution in [3.05, 3.63) is 58.1 Å². The molecule has 0 bridgehead atoms. The lowest BCUT2D eigenvalue weighted by molar-refractivity contribution is -0.122. The second-order valence-corrected chi connectivity index (χ2v) is 6.38. The molecule has 4 nitrogen and oxygen atoms in total. The number of halogens is 4. The van der Waals surface area contributed by atoms with Crippen LogP contribution in [-0.2, 0) is 9.59 Å². The van der Waals surface area contributed by atoms with Gasteiger partial charge >= 0.3 is 0 Å². The normalized spacial score (nSPS) is 17.0. The fraction of sp³-hybridized carbons (Fsp3) is 0.176. The summed E-state index contributed by atoms with van der Waals surface area (Å²) in [7, 11) is 0. The maximum Gasteiger partial charge on any atom is 0.229 e. The molecule has 25 heavy (non-hydrogen) atoms. The van der Waals surface area contributed by atoms with Crippen molar-refractivity contribution in [2.45, 2.75) is 6.42 Å². The summed E-state index contributed by atoms with van der Waals surface area (Å²) in [6, 6.07) is 7.73. The maximum atomic E-state index is 13.9. The first-order valence-electron chi connectivity index (χ1n) is 7.37. The lowest BCUT2D eigenvalue weighted by Crippen LogP contribution is -2.28. The van der Waals surface area contributed by atoms with Crippen LogP contribution in [0.1, 0.15) is 6.42 Å². The summed E-state index contributed by atoms with van der Waals surface area (Å²) in [5.74, 6) is -3.12. The van der Waals surface area contributed by atoms with Crippen LogP contribution in [0.5, 0.6) is 0 Å². The van der Waals surface area contributed by atoms with Crippen LogP contribution in [0.25, 0.3) is 0 Å². The molecule has 0 aromatic heterocycles. The second kappa shape index (κ2) is 6.98. The van der Waals surface area contributed by atoms with Crippen LogP contribution in [0.4, 0.5) is 20.2 Å². The van der Waals surface area contributed by atoms with Crippen LogP contribution in [0.2, 0.25) is 10.0 Å². The molecule has 0 saturated carbocycles. The molecule has 0 radical (unpaired) electrons. The van der Waals surface area contributed by atoms with Crippen LogP contribution in [0.3, 0.4) is 0 Å². The minimum atomic E-state index is -0.854. The third-order valence-corrected chi connectivity index (χ3v) is 4.72. The van der Waals surface area contributed by atoms with Crippen molar-refractivity contribution < 1.29 is 18.4 Å². The lowest BCUT2D eigenvalue weighted by Gasteiger charge is -2.17. The Hall–Kier alpha value is -2.18. The summed E-state index contributed by atoms with van der Waals surface area (Å²) in [6.45, 7) is -0.00853. The number of amides is 2. The number of hydrogen-bond acceptors (Lipinski definition) is 2. The molecule has 1 heterocycles. The average molecular weight is 385 g/mol. The van der Waals surface area contributed by atoms with Gasteiger partial charge in [0.2, 0.25) is 11.8 Å². The van der Waals surface area contributed by atoms with Gasteiger partial charge < -0.3 is 10.2 Å². The highest BCUT2D eigenvalue weighted by Crippen LogP contribution is 2.32. The van der Waals surface area contributed by atoms with Gasteiger partial charge in [0.25, 0.3) is 0 Å². The number of anilines is 2. The van der Waals surface area contributed by atoms with Gasteiger partial charge in [0, 0.05) is 19.0 Å². The number of nitrogens with zero attached hydrogens (tertiary/aromatic N) is 1. The summed E-state index contributed by atoms with van der Waals surface area (Å²) in [5, 5.41) is 3.11. The van der Waals surface area contributed by atoms with E-state index < -0.39 is 29.4 Å². The highest BCUT2D eigenvalue weighted by atomic mass is 35.5. The van der Waals surface area contributed by atoms with Crippen LogP contribution >= 0.6 is 23.2 Å². The SMILES string of the molecule is O=C(Nc1cccc(Cl)c1Cl)C1CC(=O)N(c2ccc(F)cc2F)C1. The van der Waals surface area contributed by atoms with Crippen molar-refractivity contribution in [1.82, 2.24) is 0 Å². The van der Waals surface area contributed by atoms with Crippen molar-refractivity contribution in [2.75, 3.05) is 16.8 Å². The molecule has 3 rings (SSSR count). The van der Waals surface area contributed by atoms with E-state index in [4.69, 9.17) is 23.2 Å². The number of carbonyl (C=O) groups is 2. The molecule has 1 aliphatic rings. The predicted octanol–water partition coefficient (Wildman–Crippen LogP) is 4.26. The topological polar surface area (TPSA) is 49.4 Å². The van der Waals surface area contributed by atoms with Gasteiger partial charge in [-0.15, -0.1) is 0 Å². The van der Waals surface area contributed by atoms with E-state index in [2.05, 4.69) is 5.32 Å². The van der Waals surface area contributed by atoms with Crippen LogP contribution < -0.4 is 10.2 Å². The first-order valence-corrected chi connectivity index (χ1v) is 8.12. The lowest BCUT2D eigenvalue weighted by atomic mass is 10.1. The smallest absolute Gasteiger partial charge is 0.229 e. The molecule has 1 unspecified atom stereocenters. The van der Waals surface area contributed by atoms with Gasteiger partial charge in [0.05, 0.1) is 27.3 Å². The highest BCUT2D eigenvalue weighted by Gasteiger charge is 2.36. The Morgan fingerprint density at radius 1 is 1.20 bits per heavy atom. The summed E-state index contributed by atoms with van der Waals surface area (Å²) in [5.41, 5.74) is 0.278. The Morgan fingerprint density at radius 3 is 2.68 bits per heavy atom. The van der Waals surface area contributed by atoms with Gasteiger partial charge in [-0.3, -0.25) is 9.59 Å². The Morgan fingerprint density at radius 2 is 1.96 bits per heavy atom. The Balaban J connectivity index is 1.75. The summed E-state index contributed by atoms with van der Waals surface area (Å²) in [4.78, 5) is 25.7. The Kier molecular flexibility index (Phi) is 4.92. The first kappa shape index (κ1) is 17.6. The monoisotopic (exact) mass is 384 g/mol. The van der Waals surface area contributed by atoms with E-state index in [0.717, 1.165) is 11.0 Å². The molecular weight excluding hydrogens is 373 g/mol. The summed E-state index contributed by atoms with van der Waals surface area (Å²) in [6.07, 6.45) is -0.0825. The molecule has 1 saturated heterocycles. The van der Waals surface area contributed by atoms with Crippen molar-refractivity contribution in [3.8, 4) is 0 Å². The summed E-state index contributed by atoms with van der Waals surface area (Å²) < 4.78 is 26.9. The Labute approximate surface area is 152 Å². The zero-order chi connectivity index (χ0) is 18.1. The average Bonchev–Trinajstić information content (AvgIpc) is 2.94. The van der Waals surface area contributed by atoms with Crippen LogP contribution in [0, 0.1) is 17.6 Å². The number of carbonyl (C=O) groups excluding carboxylic acids is 2. The van der Waals surface area contributed by atoms with Gasteiger partial charge in [0.1, 0.15) is 11.6 Å². The van der Waals surface area contributed by atoms with E-state index in [0.29, 0.717) is 11.8 Å². The maximum absolute atomic E-state index is 13.9. The van der Waals surface area contributed by atoms with Crippen molar-refractivity contribution in [3.63, 3.8) is 0 Å². The highest BCUT2D eigenvalue weighted by molar-refractivity contribution is 6.44. The molecule has 130 valence electrons. The fourth-order valence-corrected chi connectivity index (χ4v) is 3.00. The molecule has 1 aliphatic heterocycles. The van der Waals surface area contributed by atoms with Crippen LogP contribution in [0.15, 0.2) is 36.4 Å². The Bertz CT molecular complexity index is 861. The van der Waals surface area contributed by atoms with Crippen molar-refractivity contribution in [2.24, 2.45) is 5.92 Å². The largest absolute Gasteiger partial charge is 0.324 e. The number of benzene rings is 2. The predicted molar refractivity (Wildman–Crippen MR) is 91.9 cm³/mol. The fourth-order valence-electron chi connectivity index (χ4n) is 2.65. The molecule has 1 fully saturated rings. The molecule has 8 heteroatoms. The molecule has 2 aromatic rings. The summed E-state index contributed by atoms with van der Waals surface area (Å²) >= 11 is 11.9.